The molecule has 20 heavy (non-hydrogen) atoms. The largest absolute Gasteiger partial charge is 0.487 e. The Kier molecular flexibility index (Phi) is 3.25. The number of nitrogens with zero attached hydrogens (tertiary/aromatic N) is 2. The first-order valence-electron chi connectivity index (χ1n) is 6.45. The Labute approximate surface area is 117 Å². The molecule has 0 fully saturated rings. The Morgan fingerprint density at radius 1 is 1.15 bits per heavy atom. The van der Waals surface area contributed by atoms with Gasteiger partial charge in [0.25, 0.3) is 0 Å². The van der Waals surface area contributed by atoms with Gasteiger partial charge in [-0.1, -0.05) is 12.1 Å². The first-order chi connectivity index (χ1) is 9.74. The molecule has 1 aromatic carbocycles. The van der Waals surface area contributed by atoms with Crippen LogP contribution >= 0.6 is 0 Å². The number of H-pyrrole nitrogens is 2. The Morgan fingerprint density at radius 3 is 2.75 bits per heavy atom. The Bertz CT molecular complexity index is 700. The van der Waals surface area contributed by atoms with Gasteiger partial charge in [0, 0.05) is 16.8 Å². The second-order valence-electron chi connectivity index (χ2n) is 4.77. The first-order valence-corrected chi connectivity index (χ1v) is 6.45. The molecule has 3 aromatic rings. The number of imidazole rings is 1. The molecular weight excluding hydrogens is 252 g/mol. The molecule has 5 heteroatoms. The van der Waals surface area contributed by atoms with Gasteiger partial charge in [0.15, 0.2) is 0 Å². The summed E-state index contributed by atoms with van der Waals surface area (Å²) in [4.78, 5) is 7.02. The van der Waals surface area contributed by atoms with Gasteiger partial charge in [-0.25, -0.2) is 4.98 Å². The lowest BCUT2D eigenvalue weighted by Gasteiger charge is -2.11. The van der Waals surface area contributed by atoms with Gasteiger partial charge in [-0.3, -0.25) is 5.10 Å². The summed E-state index contributed by atoms with van der Waals surface area (Å²) in [6, 6.07) is 6.18. The van der Waals surface area contributed by atoms with Crippen LogP contribution in [0, 0.1) is 13.8 Å². The standard InChI is InChI=1S/C15H16N4O/c1-10-3-4-13(14-7-18-19-11(14)2)15(5-10)20-8-12-6-16-9-17-12/h3-7,9H,8H2,1-2H3,(H,16,17)(H,18,19). The number of hydrogen-bond donors (Lipinski definition) is 2. The van der Waals surface area contributed by atoms with Gasteiger partial charge in [0.05, 0.1) is 24.4 Å². The molecule has 0 spiro atoms. The highest BCUT2D eigenvalue weighted by atomic mass is 16.5. The molecule has 0 saturated heterocycles. The fourth-order valence-corrected chi connectivity index (χ4v) is 2.11. The maximum Gasteiger partial charge on any atom is 0.130 e. The van der Waals surface area contributed by atoms with Gasteiger partial charge >= 0.3 is 0 Å². The van der Waals surface area contributed by atoms with Crippen molar-refractivity contribution < 1.29 is 4.74 Å². The lowest BCUT2D eigenvalue weighted by molar-refractivity contribution is 0.303. The number of aryl methyl sites for hydroxylation is 2. The van der Waals surface area contributed by atoms with E-state index in [0.29, 0.717) is 6.61 Å². The van der Waals surface area contributed by atoms with Crippen LogP contribution in [0.25, 0.3) is 11.1 Å². The molecular formula is C15H16N4O. The Hall–Kier alpha value is -2.56. The third-order valence-electron chi connectivity index (χ3n) is 3.20. The van der Waals surface area contributed by atoms with Gasteiger partial charge in [-0.15, -0.1) is 0 Å². The van der Waals surface area contributed by atoms with E-state index in [1.54, 1.807) is 12.5 Å². The first kappa shape index (κ1) is 12.5. The molecule has 2 aromatic heterocycles. The number of benzene rings is 1. The fourth-order valence-electron chi connectivity index (χ4n) is 2.11. The van der Waals surface area contributed by atoms with E-state index in [0.717, 1.165) is 33.8 Å². The number of aromatic amines is 2. The Balaban J connectivity index is 1.92. The van der Waals surface area contributed by atoms with E-state index in [2.05, 4.69) is 39.2 Å². The topological polar surface area (TPSA) is 66.6 Å². The summed E-state index contributed by atoms with van der Waals surface area (Å²) in [7, 11) is 0. The van der Waals surface area contributed by atoms with Crippen LogP contribution in [0.2, 0.25) is 0 Å². The number of nitrogens with one attached hydrogen (secondary N) is 2. The van der Waals surface area contributed by atoms with E-state index in [9.17, 15) is 0 Å². The molecule has 2 heterocycles. The molecule has 0 atom stereocenters. The van der Waals surface area contributed by atoms with Gasteiger partial charge in [-0.05, 0) is 25.5 Å². The minimum atomic E-state index is 0.466. The van der Waals surface area contributed by atoms with Gasteiger partial charge in [0.1, 0.15) is 12.4 Å². The van der Waals surface area contributed by atoms with Crippen LogP contribution in [0.15, 0.2) is 36.9 Å². The number of ether oxygens (including phenoxy) is 1. The fraction of sp³-hybridized carbons (Fsp3) is 0.200. The average Bonchev–Trinajstić information content (AvgIpc) is 3.08. The Morgan fingerprint density at radius 2 is 2.05 bits per heavy atom. The molecule has 102 valence electrons. The molecule has 0 aliphatic heterocycles. The maximum atomic E-state index is 5.93. The third-order valence-corrected chi connectivity index (χ3v) is 3.20. The van der Waals surface area contributed by atoms with Crippen molar-refractivity contribution in [3.63, 3.8) is 0 Å². The summed E-state index contributed by atoms with van der Waals surface area (Å²) in [5.41, 5.74) is 5.24. The number of rotatable bonds is 4. The average molecular weight is 268 g/mol. The SMILES string of the molecule is Cc1ccc(-c2cn[nH]c2C)c(OCc2cnc[nH]2)c1. The van der Waals surface area contributed by atoms with E-state index in [1.165, 1.54) is 0 Å². The van der Waals surface area contributed by atoms with Crippen LogP contribution < -0.4 is 4.74 Å². The smallest absolute Gasteiger partial charge is 0.130 e. The van der Waals surface area contributed by atoms with E-state index in [-0.39, 0.29) is 0 Å². The molecule has 3 rings (SSSR count). The highest BCUT2D eigenvalue weighted by molar-refractivity contribution is 5.72. The van der Waals surface area contributed by atoms with Gasteiger partial charge in [0.2, 0.25) is 0 Å². The third kappa shape index (κ3) is 2.42. The van der Waals surface area contributed by atoms with Crippen LogP contribution in [-0.4, -0.2) is 20.2 Å². The van der Waals surface area contributed by atoms with E-state index in [1.807, 2.05) is 19.2 Å². The zero-order valence-corrected chi connectivity index (χ0v) is 11.5. The van der Waals surface area contributed by atoms with E-state index in [4.69, 9.17) is 4.74 Å². The van der Waals surface area contributed by atoms with Crippen molar-refractivity contribution in [1.82, 2.24) is 20.2 Å². The molecule has 0 aliphatic rings. The summed E-state index contributed by atoms with van der Waals surface area (Å²) in [6.07, 6.45) is 5.23. The second-order valence-corrected chi connectivity index (χ2v) is 4.77. The molecule has 0 radical (unpaired) electrons. The van der Waals surface area contributed by atoms with E-state index >= 15 is 0 Å². The highest BCUT2D eigenvalue weighted by Gasteiger charge is 2.11. The van der Waals surface area contributed by atoms with Crippen LogP contribution in [0.5, 0.6) is 5.75 Å². The molecule has 0 aliphatic carbocycles. The van der Waals surface area contributed by atoms with E-state index < -0.39 is 0 Å². The van der Waals surface area contributed by atoms with Crippen LogP contribution in [0.3, 0.4) is 0 Å². The number of aromatic nitrogens is 4. The number of hydrogen-bond acceptors (Lipinski definition) is 3. The normalized spacial score (nSPS) is 10.7. The molecule has 0 unspecified atom stereocenters. The minimum Gasteiger partial charge on any atom is -0.487 e. The highest BCUT2D eigenvalue weighted by Crippen LogP contribution is 2.32. The van der Waals surface area contributed by atoms with Crippen molar-refractivity contribution in [2.45, 2.75) is 20.5 Å². The minimum absolute atomic E-state index is 0.466. The zero-order valence-electron chi connectivity index (χ0n) is 11.5. The van der Waals surface area contributed by atoms with Crippen molar-refractivity contribution in [1.29, 1.82) is 0 Å². The lowest BCUT2D eigenvalue weighted by atomic mass is 10.0. The summed E-state index contributed by atoms with van der Waals surface area (Å²) in [6.45, 7) is 4.52. The van der Waals surface area contributed by atoms with Crippen LogP contribution in [0.4, 0.5) is 0 Å². The van der Waals surface area contributed by atoms with Crippen molar-refractivity contribution in [2.75, 3.05) is 0 Å². The summed E-state index contributed by atoms with van der Waals surface area (Å²) in [5, 5.41) is 7.03. The van der Waals surface area contributed by atoms with Gasteiger partial charge < -0.3 is 9.72 Å². The van der Waals surface area contributed by atoms with Crippen molar-refractivity contribution in [2.24, 2.45) is 0 Å². The van der Waals surface area contributed by atoms with Crippen LogP contribution in [0.1, 0.15) is 17.0 Å². The quantitative estimate of drug-likeness (QED) is 0.764. The molecule has 2 N–H and O–H groups in total. The summed E-state index contributed by atoms with van der Waals surface area (Å²) < 4.78 is 5.93. The summed E-state index contributed by atoms with van der Waals surface area (Å²) in [5.74, 6) is 0.851. The molecule has 0 saturated carbocycles. The maximum absolute atomic E-state index is 5.93. The van der Waals surface area contributed by atoms with Crippen molar-refractivity contribution in [3.05, 3.63) is 53.9 Å². The predicted octanol–water partition coefficient (Wildman–Crippen LogP) is 3.00. The molecule has 0 bridgehead atoms. The van der Waals surface area contributed by atoms with Crippen molar-refractivity contribution >= 4 is 0 Å². The molecule has 5 nitrogen and oxygen atoms in total. The van der Waals surface area contributed by atoms with Crippen molar-refractivity contribution in [3.8, 4) is 16.9 Å². The molecule has 0 amide bonds. The summed E-state index contributed by atoms with van der Waals surface area (Å²) >= 11 is 0. The second kappa shape index (κ2) is 5.21. The lowest BCUT2D eigenvalue weighted by Crippen LogP contribution is -1.98. The predicted molar refractivity (Wildman–Crippen MR) is 76.4 cm³/mol. The van der Waals surface area contributed by atoms with Gasteiger partial charge in [-0.2, -0.15) is 5.10 Å². The zero-order chi connectivity index (χ0) is 13.9. The van der Waals surface area contributed by atoms with Crippen LogP contribution in [-0.2, 0) is 6.61 Å². The monoisotopic (exact) mass is 268 g/mol.